The van der Waals surface area contributed by atoms with Gasteiger partial charge in [0.2, 0.25) is 5.91 Å². The smallest absolute Gasteiger partial charge is 0.263 e. The Labute approximate surface area is 166 Å². The van der Waals surface area contributed by atoms with Crippen LogP contribution in [0.4, 0.5) is 0 Å². The van der Waals surface area contributed by atoms with Gasteiger partial charge in [-0.25, -0.2) is 4.98 Å². The summed E-state index contributed by atoms with van der Waals surface area (Å²) in [5.41, 5.74) is 1.25. The molecule has 146 valence electrons. The molecule has 1 amide bonds. The first kappa shape index (κ1) is 19.0. The maximum Gasteiger partial charge on any atom is 0.263 e. The molecule has 27 heavy (non-hydrogen) atoms. The van der Waals surface area contributed by atoms with Crippen LogP contribution in [0.5, 0.6) is 0 Å². The summed E-state index contributed by atoms with van der Waals surface area (Å²) in [5, 5.41) is 1.44. The second-order valence-electron chi connectivity index (χ2n) is 7.41. The number of aryl methyl sites for hydroxylation is 2. The Kier molecular flexibility index (Phi) is 5.57. The van der Waals surface area contributed by atoms with E-state index in [0.717, 1.165) is 48.9 Å². The van der Waals surface area contributed by atoms with E-state index >= 15 is 0 Å². The van der Waals surface area contributed by atoms with Crippen molar-refractivity contribution < 1.29 is 9.53 Å². The zero-order valence-electron chi connectivity index (χ0n) is 15.8. The number of hydrogen-bond acceptors (Lipinski definition) is 6. The Morgan fingerprint density at radius 2 is 2.15 bits per heavy atom. The maximum atomic E-state index is 13.4. The minimum atomic E-state index is 0.0171. The first-order chi connectivity index (χ1) is 13.0. The Morgan fingerprint density at radius 3 is 2.89 bits per heavy atom. The summed E-state index contributed by atoms with van der Waals surface area (Å²) in [4.78, 5) is 34.0. The van der Waals surface area contributed by atoms with Crippen molar-refractivity contribution in [1.82, 2.24) is 14.5 Å². The second kappa shape index (κ2) is 7.93. The van der Waals surface area contributed by atoms with Crippen LogP contribution < -0.4 is 5.56 Å². The highest BCUT2D eigenvalue weighted by molar-refractivity contribution is 7.99. The summed E-state index contributed by atoms with van der Waals surface area (Å²) in [6, 6.07) is 0. The topological polar surface area (TPSA) is 64.4 Å². The lowest BCUT2D eigenvalue weighted by Crippen LogP contribution is -2.30. The van der Waals surface area contributed by atoms with Crippen molar-refractivity contribution in [1.29, 1.82) is 0 Å². The molecule has 0 unspecified atom stereocenters. The zero-order valence-corrected chi connectivity index (χ0v) is 17.5. The molecule has 1 saturated heterocycles. The van der Waals surface area contributed by atoms with Crippen LogP contribution in [0.1, 0.15) is 36.1 Å². The number of amides is 1. The van der Waals surface area contributed by atoms with Crippen LogP contribution in [-0.4, -0.2) is 52.9 Å². The molecule has 1 aliphatic heterocycles. The summed E-state index contributed by atoms with van der Waals surface area (Å²) >= 11 is 3.01. The largest absolute Gasteiger partial charge is 0.376 e. The molecule has 4 rings (SSSR count). The van der Waals surface area contributed by atoms with Gasteiger partial charge in [0.15, 0.2) is 5.16 Å². The molecule has 2 aromatic heterocycles. The normalized spacial score (nSPS) is 19.4. The molecular formula is C19H25N3O3S2. The lowest BCUT2D eigenvalue weighted by molar-refractivity contribution is -0.125. The van der Waals surface area contributed by atoms with Crippen molar-refractivity contribution in [2.24, 2.45) is 0 Å². The van der Waals surface area contributed by atoms with E-state index in [1.54, 1.807) is 34.9 Å². The summed E-state index contributed by atoms with van der Waals surface area (Å²) < 4.78 is 7.53. The average Bonchev–Trinajstić information content (AvgIpc) is 3.29. The Morgan fingerprint density at radius 1 is 1.33 bits per heavy atom. The van der Waals surface area contributed by atoms with Crippen molar-refractivity contribution in [3.8, 4) is 0 Å². The van der Waals surface area contributed by atoms with Crippen LogP contribution in [0, 0.1) is 0 Å². The van der Waals surface area contributed by atoms with E-state index < -0.39 is 0 Å². The van der Waals surface area contributed by atoms with Gasteiger partial charge < -0.3 is 9.64 Å². The minimum Gasteiger partial charge on any atom is -0.376 e. The molecule has 0 saturated carbocycles. The molecule has 0 radical (unpaired) electrons. The lowest BCUT2D eigenvalue weighted by Gasteiger charge is -2.17. The van der Waals surface area contributed by atoms with Crippen molar-refractivity contribution in [2.75, 3.05) is 26.5 Å². The molecule has 0 spiro atoms. The number of carbonyl (C=O) groups excluding carboxylic acids is 1. The van der Waals surface area contributed by atoms with Crippen LogP contribution in [-0.2, 0) is 28.9 Å². The van der Waals surface area contributed by atoms with E-state index in [0.29, 0.717) is 11.7 Å². The van der Waals surface area contributed by atoms with Gasteiger partial charge in [0.05, 0.1) is 23.8 Å². The molecule has 0 N–H and O–H groups in total. The van der Waals surface area contributed by atoms with Crippen LogP contribution in [0.25, 0.3) is 10.2 Å². The summed E-state index contributed by atoms with van der Waals surface area (Å²) in [6.07, 6.45) is 6.39. The number of aromatic nitrogens is 2. The van der Waals surface area contributed by atoms with E-state index in [4.69, 9.17) is 9.72 Å². The van der Waals surface area contributed by atoms with Crippen molar-refractivity contribution in [3.63, 3.8) is 0 Å². The fraction of sp³-hybridized carbons (Fsp3) is 0.632. The highest BCUT2D eigenvalue weighted by atomic mass is 32.2. The zero-order chi connectivity index (χ0) is 19.0. The van der Waals surface area contributed by atoms with Gasteiger partial charge in [-0.2, -0.15) is 0 Å². The number of hydrogen-bond donors (Lipinski definition) is 0. The maximum absolute atomic E-state index is 13.4. The van der Waals surface area contributed by atoms with Gasteiger partial charge in [-0.05, 0) is 44.1 Å². The molecule has 0 aromatic carbocycles. The summed E-state index contributed by atoms with van der Waals surface area (Å²) in [6.45, 7) is 1.27. The van der Waals surface area contributed by atoms with Gasteiger partial charge in [0.1, 0.15) is 4.83 Å². The quantitative estimate of drug-likeness (QED) is 0.563. The van der Waals surface area contributed by atoms with Gasteiger partial charge in [0, 0.05) is 25.6 Å². The third-order valence-electron chi connectivity index (χ3n) is 5.27. The number of fused-ring (bicyclic) bond motifs is 3. The molecule has 2 aliphatic rings. The van der Waals surface area contributed by atoms with Crippen LogP contribution in [0.2, 0.25) is 0 Å². The Bertz CT molecular complexity index is 913. The van der Waals surface area contributed by atoms with Crippen molar-refractivity contribution in [3.05, 3.63) is 20.8 Å². The third-order valence-corrected chi connectivity index (χ3v) is 7.42. The van der Waals surface area contributed by atoms with Gasteiger partial charge in [-0.3, -0.25) is 14.2 Å². The summed E-state index contributed by atoms with van der Waals surface area (Å²) in [7, 11) is 3.48. The van der Waals surface area contributed by atoms with Crippen molar-refractivity contribution >= 4 is 39.2 Å². The predicted octanol–water partition coefficient (Wildman–Crippen LogP) is 2.70. The molecule has 1 aliphatic carbocycles. The first-order valence-corrected chi connectivity index (χ1v) is 11.3. The molecule has 1 atom stereocenters. The van der Waals surface area contributed by atoms with Crippen molar-refractivity contribution in [2.45, 2.75) is 56.3 Å². The second-order valence-corrected chi connectivity index (χ2v) is 9.44. The molecule has 8 heteroatoms. The number of ether oxygens (including phenoxy) is 1. The van der Waals surface area contributed by atoms with E-state index in [1.807, 2.05) is 0 Å². The minimum absolute atomic E-state index is 0.0171. The number of nitrogens with zero attached hydrogens (tertiary/aromatic N) is 3. The standard InChI is InChI=1S/C19H25N3O3S2/c1-21(2)15(23)11-26-19-20-17-16(13-7-3-4-8-14(13)27-17)18(24)22(19)10-12-6-5-9-25-12/h12H,3-11H2,1-2H3/t12-/m0/s1. The fourth-order valence-corrected chi connectivity index (χ4v) is 6.03. The average molecular weight is 408 g/mol. The number of carbonyl (C=O) groups is 1. The molecule has 3 heterocycles. The number of thiophene rings is 1. The van der Waals surface area contributed by atoms with Crippen LogP contribution >= 0.6 is 23.1 Å². The van der Waals surface area contributed by atoms with Gasteiger partial charge in [-0.15, -0.1) is 11.3 Å². The van der Waals surface area contributed by atoms with Crippen LogP contribution in [0.3, 0.4) is 0 Å². The van der Waals surface area contributed by atoms with Gasteiger partial charge in [0.25, 0.3) is 5.56 Å². The first-order valence-electron chi connectivity index (χ1n) is 9.54. The number of thioether (sulfide) groups is 1. The molecule has 2 aromatic rings. The summed E-state index contributed by atoms with van der Waals surface area (Å²) in [5.74, 6) is 0.296. The third kappa shape index (κ3) is 3.79. The molecule has 1 fully saturated rings. The molecule has 0 bridgehead atoms. The lowest BCUT2D eigenvalue weighted by atomic mass is 9.97. The molecular weight excluding hydrogens is 382 g/mol. The highest BCUT2D eigenvalue weighted by Gasteiger charge is 2.25. The van der Waals surface area contributed by atoms with E-state index in [-0.39, 0.29) is 23.3 Å². The Balaban J connectivity index is 1.76. The SMILES string of the molecule is CN(C)C(=O)CSc1nc2sc3c(c2c(=O)n1C[C@@H]1CCCO1)CCCC3. The number of rotatable bonds is 5. The highest BCUT2D eigenvalue weighted by Crippen LogP contribution is 2.35. The van der Waals surface area contributed by atoms with Gasteiger partial charge in [-0.1, -0.05) is 11.8 Å². The Hall–Kier alpha value is -1.38. The van der Waals surface area contributed by atoms with E-state index in [1.165, 1.54) is 28.6 Å². The van der Waals surface area contributed by atoms with Crippen LogP contribution in [0.15, 0.2) is 9.95 Å². The molecule has 6 nitrogen and oxygen atoms in total. The van der Waals surface area contributed by atoms with E-state index in [9.17, 15) is 9.59 Å². The van der Waals surface area contributed by atoms with E-state index in [2.05, 4.69) is 0 Å². The predicted molar refractivity (Wildman–Crippen MR) is 109 cm³/mol. The monoisotopic (exact) mass is 407 g/mol. The fourth-order valence-electron chi connectivity index (χ4n) is 3.74. The van der Waals surface area contributed by atoms with Gasteiger partial charge >= 0.3 is 0 Å².